The smallest absolute Gasteiger partial charge is 0.326 e. The molecular weight excluding hydrogens is 334 g/mol. The highest BCUT2D eigenvalue weighted by Crippen LogP contribution is 2.17. The number of carbonyl (C=O) groups is 1. The van der Waals surface area contributed by atoms with Crippen molar-refractivity contribution in [2.45, 2.75) is 46.1 Å². The van der Waals surface area contributed by atoms with Gasteiger partial charge < -0.3 is 5.32 Å². The van der Waals surface area contributed by atoms with Crippen LogP contribution in [0, 0.1) is 0 Å². The molecule has 2 heterocycles. The molecule has 8 nitrogen and oxygen atoms in total. The summed E-state index contributed by atoms with van der Waals surface area (Å²) < 4.78 is 1.18. The van der Waals surface area contributed by atoms with Crippen LogP contribution in [0.3, 0.4) is 0 Å². The van der Waals surface area contributed by atoms with Crippen LogP contribution >= 0.6 is 0 Å². The van der Waals surface area contributed by atoms with Gasteiger partial charge in [-0.2, -0.15) is 0 Å². The Morgan fingerprint density at radius 2 is 1.96 bits per heavy atom. The van der Waals surface area contributed by atoms with E-state index in [1.54, 1.807) is 18.2 Å². The van der Waals surface area contributed by atoms with E-state index in [-0.39, 0.29) is 17.1 Å². The minimum absolute atomic E-state index is 0.139. The van der Waals surface area contributed by atoms with Gasteiger partial charge in [0.25, 0.3) is 5.56 Å². The average Bonchev–Trinajstić information content (AvgIpc) is 2.59. The number of hydrogen-bond donors (Lipinski definition) is 2. The van der Waals surface area contributed by atoms with Crippen LogP contribution in [0.1, 0.15) is 39.5 Å². The maximum atomic E-state index is 12.7. The Hall–Kier alpha value is -3.03. The highest BCUT2D eigenvalue weighted by atomic mass is 16.2. The topological polar surface area (TPSA) is 110 Å². The Labute approximate surface area is 149 Å². The zero-order valence-electron chi connectivity index (χ0n) is 14.8. The van der Waals surface area contributed by atoms with E-state index in [0.29, 0.717) is 23.3 Å². The predicted octanol–water partition coefficient (Wildman–Crippen LogP) is 2.17. The summed E-state index contributed by atoms with van der Waals surface area (Å²) in [6.45, 7) is 3.88. The largest absolute Gasteiger partial charge is 0.330 e. The number of benzene rings is 1. The van der Waals surface area contributed by atoms with E-state index in [2.05, 4.69) is 27.2 Å². The summed E-state index contributed by atoms with van der Waals surface area (Å²) in [6.07, 6.45) is 3.89. The molecule has 0 aliphatic rings. The average molecular weight is 355 g/mol. The first-order chi connectivity index (χ1) is 12.5. The number of aromatic amines is 1. The van der Waals surface area contributed by atoms with Gasteiger partial charge in [-0.15, -0.1) is 0 Å². The maximum Gasteiger partial charge on any atom is 0.330 e. The second kappa shape index (κ2) is 7.47. The Morgan fingerprint density at radius 3 is 2.69 bits per heavy atom. The van der Waals surface area contributed by atoms with Crippen LogP contribution in [0.5, 0.6) is 0 Å². The monoisotopic (exact) mass is 355 g/mol. The molecule has 0 aliphatic heterocycles. The summed E-state index contributed by atoms with van der Waals surface area (Å²) in [5.74, 6) is -0.197. The van der Waals surface area contributed by atoms with Crippen LogP contribution in [-0.2, 0) is 11.3 Å². The molecule has 0 saturated carbocycles. The summed E-state index contributed by atoms with van der Waals surface area (Å²) in [5.41, 5.74) is 0.960. The standard InChI is InChI=1S/C18H21N5O3/c1-3-4-5-6-9-23-17(25)15-16(22-18(23)26)21-14-10-12(19-11(2)24)7-8-13(14)20-15/h7-8,10H,3-6,9H2,1-2H3,(H,19,24)(H,21,22,26). The van der Waals surface area contributed by atoms with Crippen molar-refractivity contribution in [3.63, 3.8) is 0 Å². The third-order valence-electron chi connectivity index (χ3n) is 4.14. The van der Waals surface area contributed by atoms with E-state index in [1.807, 2.05) is 0 Å². The number of rotatable bonds is 6. The molecule has 0 unspecified atom stereocenters. The van der Waals surface area contributed by atoms with Crippen LogP contribution in [0.2, 0.25) is 0 Å². The Kier molecular flexibility index (Phi) is 5.11. The molecule has 1 aromatic carbocycles. The third kappa shape index (κ3) is 3.63. The van der Waals surface area contributed by atoms with Gasteiger partial charge in [-0.25, -0.2) is 14.8 Å². The summed E-state index contributed by atoms with van der Waals surface area (Å²) >= 11 is 0. The van der Waals surface area contributed by atoms with Crippen molar-refractivity contribution in [1.29, 1.82) is 0 Å². The lowest BCUT2D eigenvalue weighted by Gasteiger charge is -2.07. The van der Waals surface area contributed by atoms with E-state index in [9.17, 15) is 14.4 Å². The molecule has 0 spiro atoms. The Bertz CT molecular complexity index is 1080. The normalized spacial score (nSPS) is 11.2. The van der Waals surface area contributed by atoms with Gasteiger partial charge in [0.1, 0.15) is 0 Å². The molecule has 0 saturated heterocycles. The van der Waals surface area contributed by atoms with Gasteiger partial charge in [0, 0.05) is 19.2 Å². The first-order valence-corrected chi connectivity index (χ1v) is 8.72. The number of unbranched alkanes of at least 4 members (excludes halogenated alkanes) is 3. The van der Waals surface area contributed by atoms with Crippen molar-refractivity contribution < 1.29 is 4.79 Å². The summed E-state index contributed by atoms with van der Waals surface area (Å²) in [4.78, 5) is 47.4. The molecular formula is C18H21N5O3. The van der Waals surface area contributed by atoms with Gasteiger partial charge in [-0.3, -0.25) is 19.1 Å². The van der Waals surface area contributed by atoms with Crippen molar-refractivity contribution >= 4 is 33.8 Å². The second-order valence-electron chi connectivity index (χ2n) is 6.25. The number of fused-ring (bicyclic) bond motifs is 2. The molecule has 1 amide bonds. The number of H-pyrrole nitrogens is 1. The van der Waals surface area contributed by atoms with Crippen LogP contribution in [0.4, 0.5) is 5.69 Å². The fourth-order valence-electron chi connectivity index (χ4n) is 2.86. The minimum atomic E-state index is -0.481. The van der Waals surface area contributed by atoms with Crippen LogP contribution in [-0.4, -0.2) is 25.4 Å². The highest BCUT2D eigenvalue weighted by Gasteiger charge is 2.12. The molecule has 2 aromatic heterocycles. The molecule has 26 heavy (non-hydrogen) atoms. The minimum Gasteiger partial charge on any atom is -0.326 e. The van der Waals surface area contributed by atoms with Gasteiger partial charge in [-0.05, 0) is 24.6 Å². The molecule has 136 valence electrons. The van der Waals surface area contributed by atoms with Crippen LogP contribution < -0.4 is 16.6 Å². The Morgan fingerprint density at radius 1 is 1.15 bits per heavy atom. The molecule has 8 heteroatoms. The van der Waals surface area contributed by atoms with E-state index in [4.69, 9.17) is 0 Å². The third-order valence-corrected chi connectivity index (χ3v) is 4.14. The first kappa shape index (κ1) is 17.8. The number of anilines is 1. The summed E-state index contributed by atoms with van der Waals surface area (Å²) in [6, 6.07) is 5.03. The quantitative estimate of drug-likeness (QED) is 0.520. The van der Waals surface area contributed by atoms with Gasteiger partial charge in [-0.1, -0.05) is 26.2 Å². The van der Waals surface area contributed by atoms with Crippen LogP contribution in [0.15, 0.2) is 27.8 Å². The Balaban J connectivity index is 2.05. The SMILES string of the molecule is CCCCCCn1c(=O)[nH]c2nc3cc(NC(C)=O)ccc3nc2c1=O. The molecule has 0 bridgehead atoms. The second-order valence-corrected chi connectivity index (χ2v) is 6.25. The van der Waals surface area contributed by atoms with E-state index in [0.717, 1.165) is 25.7 Å². The number of hydrogen-bond acceptors (Lipinski definition) is 5. The first-order valence-electron chi connectivity index (χ1n) is 8.72. The molecule has 3 rings (SSSR count). The van der Waals surface area contributed by atoms with E-state index in [1.165, 1.54) is 11.5 Å². The van der Waals surface area contributed by atoms with Crippen molar-refractivity contribution in [1.82, 2.24) is 19.5 Å². The lowest BCUT2D eigenvalue weighted by molar-refractivity contribution is -0.114. The molecule has 2 N–H and O–H groups in total. The molecule has 3 aromatic rings. The zero-order valence-corrected chi connectivity index (χ0v) is 14.8. The van der Waals surface area contributed by atoms with Crippen molar-refractivity contribution in [3.8, 4) is 0 Å². The zero-order chi connectivity index (χ0) is 18.7. The van der Waals surface area contributed by atoms with Gasteiger partial charge in [0.05, 0.1) is 11.0 Å². The van der Waals surface area contributed by atoms with Crippen LogP contribution in [0.25, 0.3) is 22.2 Å². The van der Waals surface area contributed by atoms with E-state index < -0.39 is 11.2 Å². The number of carbonyl (C=O) groups excluding carboxylic acids is 1. The van der Waals surface area contributed by atoms with E-state index >= 15 is 0 Å². The maximum absolute atomic E-state index is 12.7. The summed E-state index contributed by atoms with van der Waals surface area (Å²) in [5, 5.41) is 2.67. The number of aromatic nitrogens is 4. The lowest BCUT2D eigenvalue weighted by Crippen LogP contribution is -2.35. The lowest BCUT2D eigenvalue weighted by atomic mass is 10.2. The number of nitrogens with zero attached hydrogens (tertiary/aromatic N) is 3. The number of nitrogens with one attached hydrogen (secondary N) is 2. The van der Waals surface area contributed by atoms with Crippen molar-refractivity contribution in [2.75, 3.05) is 5.32 Å². The van der Waals surface area contributed by atoms with Gasteiger partial charge in [0.2, 0.25) is 5.91 Å². The molecule has 0 atom stereocenters. The fourth-order valence-corrected chi connectivity index (χ4v) is 2.86. The van der Waals surface area contributed by atoms with Gasteiger partial charge >= 0.3 is 5.69 Å². The van der Waals surface area contributed by atoms with Gasteiger partial charge in [0.15, 0.2) is 11.2 Å². The highest BCUT2D eigenvalue weighted by molar-refractivity contribution is 5.92. The summed E-state index contributed by atoms with van der Waals surface area (Å²) in [7, 11) is 0. The van der Waals surface area contributed by atoms with Crippen molar-refractivity contribution in [3.05, 3.63) is 39.0 Å². The molecule has 0 radical (unpaired) electrons. The fraction of sp³-hybridized carbons (Fsp3) is 0.389. The molecule has 0 aliphatic carbocycles. The van der Waals surface area contributed by atoms with Crippen molar-refractivity contribution in [2.24, 2.45) is 0 Å². The number of amides is 1. The molecule has 0 fully saturated rings. The predicted molar refractivity (Wildman–Crippen MR) is 100 cm³/mol.